The van der Waals surface area contributed by atoms with E-state index in [9.17, 15) is 14.4 Å². The molecule has 0 spiro atoms. The number of carbonyl (C=O) groups is 3. The Labute approximate surface area is 382 Å². The zero-order valence-electron chi connectivity index (χ0n) is 37.6. The van der Waals surface area contributed by atoms with Crippen molar-refractivity contribution < 1.29 is 28.0 Å². The number of ether oxygens (including phenoxy) is 1. The van der Waals surface area contributed by atoms with Crippen molar-refractivity contribution in [3.05, 3.63) is 54.1 Å². The van der Waals surface area contributed by atoms with Crippen LogP contribution in [0.15, 0.2) is 41.4 Å². The van der Waals surface area contributed by atoms with Crippen LogP contribution in [0.4, 0.5) is 26.4 Å². The van der Waals surface area contributed by atoms with E-state index < -0.39 is 6.04 Å². The van der Waals surface area contributed by atoms with E-state index in [2.05, 4.69) is 35.6 Å². The van der Waals surface area contributed by atoms with E-state index in [0.29, 0.717) is 83.5 Å². The molecule has 1 atom stereocenters. The molecule has 4 aromatic heterocycles. The number of carbonyl (C=O) groups excluding carboxylic acids is 3. The Morgan fingerprint density at radius 2 is 1.68 bits per heavy atom. The summed E-state index contributed by atoms with van der Waals surface area (Å²) in [6.45, 7) is 8.96. The number of likely N-dealkylation sites (tertiary alicyclic amines) is 1. The van der Waals surface area contributed by atoms with Gasteiger partial charge in [-0.25, -0.2) is 33.8 Å². The standard InChI is InChI=1S/C47H58FN13O5/c1-27(2)61-45-39(43(49)52-26-53-45)40(56-61)41-38(42(66-57-41)30-5-6-30)44-50-24-31(25-51-44)29-13-16-60(17-14-29)47(64)65-22-15-28-3-8-33(9-4-28)58-18-20-59(21-19-58)36-11-7-32(23-34(36)48)54-35-10-12-37(62)55-46(35)63/h7,11,23-30,33,35,54H,3-6,8-10,12-22H2,1-2H3,(H2,49,52,53)(H,55,62,63)/t28?,33?,35-/m0/s1. The summed E-state index contributed by atoms with van der Waals surface area (Å²) in [6, 6.07) is 5.00. The van der Waals surface area contributed by atoms with Crippen LogP contribution in [0.25, 0.3) is 33.8 Å². The lowest BCUT2D eigenvalue weighted by molar-refractivity contribution is -0.133. The SMILES string of the molecule is CC(C)n1nc(-c2noc(C3CC3)c2-c2ncc(C3CCN(C(=O)OCCC4CCC(N5CCN(c6ccc(N[C@H]7CCC(=O)NC7=O)cc6F)CC5)CC4)CC3)cn2)c2c(N)ncnc21. The number of amides is 3. The quantitative estimate of drug-likeness (QED) is 0.115. The molecule has 66 heavy (non-hydrogen) atoms. The maximum Gasteiger partial charge on any atom is 0.409 e. The predicted octanol–water partition coefficient (Wildman–Crippen LogP) is 6.42. The molecule has 3 saturated heterocycles. The number of piperidine rings is 2. The van der Waals surface area contributed by atoms with E-state index in [0.717, 1.165) is 101 Å². The number of nitrogens with one attached hydrogen (secondary N) is 2. The number of piperazine rings is 1. The molecule has 348 valence electrons. The fraction of sp³-hybridized carbons (Fsp3) is 0.553. The van der Waals surface area contributed by atoms with E-state index in [1.807, 2.05) is 35.8 Å². The molecule has 5 aromatic rings. The van der Waals surface area contributed by atoms with Crippen LogP contribution in [-0.2, 0) is 14.3 Å². The molecule has 0 bridgehead atoms. The molecular weight excluding hydrogens is 846 g/mol. The molecule has 10 rings (SSSR count). The number of rotatable bonds is 12. The second kappa shape index (κ2) is 18.6. The van der Waals surface area contributed by atoms with Crippen molar-refractivity contribution >= 4 is 46.1 Å². The van der Waals surface area contributed by atoms with Gasteiger partial charge in [0, 0.05) is 81.8 Å². The third-order valence-electron chi connectivity index (χ3n) is 14.3. The van der Waals surface area contributed by atoms with Crippen LogP contribution >= 0.6 is 0 Å². The van der Waals surface area contributed by atoms with Gasteiger partial charge in [0.2, 0.25) is 11.8 Å². The molecule has 3 amide bonds. The second-order valence-corrected chi connectivity index (χ2v) is 18.9. The fourth-order valence-electron chi connectivity index (χ4n) is 10.3. The van der Waals surface area contributed by atoms with Gasteiger partial charge in [-0.1, -0.05) is 5.16 Å². The number of nitrogen functional groups attached to an aromatic ring is 1. The van der Waals surface area contributed by atoms with Crippen molar-refractivity contribution in [2.24, 2.45) is 5.92 Å². The van der Waals surface area contributed by atoms with Gasteiger partial charge in [-0.2, -0.15) is 5.10 Å². The summed E-state index contributed by atoms with van der Waals surface area (Å²) in [4.78, 5) is 61.7. The van der Waals surface area contributed by atoms with Crippen LogP contribution in [0, 0.1) is 11.7 Å². The molecule has 1 aromatic carbocycles. The summed E-state index contributed by atoms with van der Waals surface area (Å²) in [7, 11) is 0. The Morgan fingerprint density at radius 3 is 2.38 bits per heavy atom. The van der Waals surface area contributed by atoms with Gasteiger partial charge in [-0.3, -0.25) is 19.8 Å². The molecule has 4 N–H and O–H groups in total. The number of nitrogens with two attached hydrogens (primary N) is 1. The average Bonchev–Trinajstić information content (AvgIpc) is 3.95. The first-order valence-electron chi connectivity index (χ1n) is 23.7. The number of fused-ring (bicyclic) bond motifs is 1. The summed E-state index contributed by atoms with van der Waals surface area (Å²) in [6.07, 6.45) is 14.5. The first-order chi connectivity index (χ1) is 32.1. The van der Waals surface area contributed by atoms with Gasteiger partial charge in [-0.15, -0.1) is 0 Å². The van der Waals surface area contributed by atoms with Crippen molar-refractivity contribution in [3.8, 4) is 22.8 Å². The van der Waals surface area contributed by atoms with Crippen LogP contribution in [0.2, 0.25) is 0 Å². The van der Waals surface area contributed by atoms with Gasteiger partial charge in [0.25, 0.3) is 0 Å². The molecule has 2 aliphatic carbocycles. The number of aromatic nitrogens is 7. The smallest absolute Gasteiger partial charge is 0.409 e. The van der Waals surface area contributed by atoms with E-state index in [-0.39, 0.29) is 48.0 Å². The highest BCUT2D eigenvalue weighted by Crippen LogP contribution is 2.48. The van der Waals surface area contributed by atoms with Crippen molar-refractivity contribution in [1.82, 2.24) is 50.0 Å². The minimum atomic E-state index is -0.553. The Morgan fingerprint density at radius 1 is 0.924 bits per heavy atom. The highest BCUT2D eigenvalue weighted by molar-refractivity contribution is 6.02. The lowest BCUT2D eigenvalue weighted by atomic mass is 9.83. The number of hydrogen-bond donors (Lipinski definition) is 3. The van der Waals surface area contributed by atoms with Crippen molar-refractivity contribution in [2.45, 2.75) is 114 Å². The number of halogens is 1. The normalized spacial score (nSPS) is 22.3. The average molecular weight is 904 g/mol. The third kappa shape index (κ3) is 9.00. The maximum absolute atomic E-state index is 15.3. The molecule has 18 nitrogen and oxygen atoms in total. The Balaban J connectivity index is 0.661. The summed E-state index contributed by atoms with van der Waals surface area (Å²) >= 11 is 0. The van der Waals surface area contributed by atoms with E-state index >= 15 is 4.39 Å². The Hall–Kier alpha value is -6.24. The molecule has 5 aliphatic rings. The second-order valence-electron chi connectivity index (χ2n) is 18.9. The molecule has 2 saturated carbocycles. The number of anilines is 3. The van der Waals surface area contributed by atoms with Gasteiger partial charge in [0.05, 0.1) is 23.2 Å². The monoisotopic (exact) mass is 903 g/mol. The van der Waals surface area contributed by atoms with Crippen molar-refractivity contribution in [2.75, 3.05) is 61.8 Å². The summed E-state index contributed by atoms with van der Waals surface area (Å²) in [5, 5.41) is 15.4. The van der Waals surface area contributed by atoms with Gasteiger partial charge < -0.3 is 30.1 Å². The Kier molecular flexibility index (Phi) is 12.3. The zero-order valence-corrected chi connectivity index (χ0v) is 37.6. The van der Waals surface area contributed by atoms with Crippen LogP contribution < -0.4 is 21.3 Å². The zero-order chi connectivity index (χ0) is 45.5. The van der Waals surface area contributed by atoms with Gasteiger partial charge >= 0.3 is 6.09 Å². The van der Waals surface area contributed by atoms with Gasteiger partial charge in [0.1, 0.15) is 35.4 Å². The topological polar surface area (TPSA) is 216 Å². The fourth-order valence-corrected chi connectivity index (χ4v) is 10.3. The largest absolute Gasteiger partial charge is 0.449 e. The molecule has 19 heteroatoms. The van der Waals surface area contributed by atoms with Gasteiger partial charge in [-0.05, 0) is 114 Å². The first-order valence-corrected chi connectivity index (χ1v) is 23.7. The van der Waals surface area contributed by atoms with Crippen LogP contribution in [-0.4, -0.2) is 121 Å². The molecule has 5 fully saturated rings. The maximum atomic E-state index is 15.3. The molecule has 0 unspecified atom stereocenters. The lowest BCUT2D eigenvalue weighted by Crippen LogP contribution is -2.51. The lowest BCUT2D eigenvalue weighted by Gasteiger charge is -2.42. The summed E-state index contributed by atoms with van der Waals surface area (Å²) in [5.41, 5.74) is 10.9. The summed E-state index contributed by atoms with van der Waals surface area (Å²) < 4.78 is 28.9. The number of imide groups is 1. The number of benzene rings is 1. The first kappa shape index (κ1) is 43.6. The highest BCUT2D eigenvalue weighted by Gasteiger charge is 2.37. The van der Waals surface area contributed by atoms with E-state index in [1.165, 1.54) is 12.4 Å². The molecule has 0 radical (unpaired) electrons. The van der Waals surface area contributed by atoms with Crippen molar-refractivity contribution in [3.63, 3.8) is 0 Å². The predicted molar refractivity (Wildman–Crippen MR) is 244 cm³/mol. The van der Waals surface area contributed by atoms with Gasteiger partial charge in [0.15, 0.2) is 17.2 Å². The molecule has 7 heterocycles. The highest BCUT2D eigenvalue weighted by atomic mass is 19.1. The van der Waals surface area contributed by atoms with Crippen molar-refractivity contribution in [1.29, 1.82) is 0 Å². The Bertz CT molecular complexity index is 2570. The number of hydrogen-bond acceptors (Lipinski definition) is 15. The van der Waals surface area contributed by atoms with E-state index in [4.69, 9.17) is 30.1 Å². The molecular formula is C47H58FN13O5. The van der Waals surface area contributed by atoms with Crippen LogP contribution in [0.3, 0.4) is 0 Å². The number of nitrogens with zero attached hydrogens (tertiary/aromatic N) is 10. The van der Waals surface area contributed by atoms with E-state index in [1.54, 1.807) is 12.1 Å². The summed E-state index contributed by atoms with van der Waals surface area (Å²) in [5.74, 6) is 1.63. The minimum Gasteiger partial charge on any atom is -0.449 e. The molecule has 3 aliphatic heterocycles. The minimum absolute atomic E-state index is 0.0324. The van der Waals surface area contributed by atoms with Crippen LogP contribution in [0.1, 0.15) is 114 Å². The third-order valence-corrected chi connectivity index (χ3v) is 14.3. The van der Waals surface area contributed by atoms with Crippen LogP contribution in [0.5, 0.6) is 0 Å².